The lowest BCUT2D eigenvalue weighted by atomic mass is 10.1. The molecule has 1 aromatic carbocycles. The Morgan fingerprint density at radius 1 is 1.36 bits per heavy atom. The van der Waals surface area contributed by atoms with Gasteiger partial charge in [-0.2, -0.15) is 0 Å². The highest BCUT2D eigenvalue weighted by Gasteiger charge is 2.26. The molecule has 2 aromatic rings. The lowest BCUT2D eigenvalue weighted by Crippen LogP contribution is -2.19. The highest BCUT2D eigenvalue weighted by Crippen LogP contribution is 2.39. The number of thioether (sulfide) groups is 1. The summed E-state index contributed by atoms with van der Waals surface area (Å²) in [7, 11) is 0. The van der Waals surface area contributed by atoms with Gasteiger partial charge in [0, 0.05) is 15.1 Å². The molecular weight excluding hydrogens is 376 g/mol. The van der Waals surface area contributed by atoms with Gasteiger partial charge in [-0.1, -0.05) is 29.8 Å². The van der Waals surface area contributed by atoms with Gasteiger partial charge in [0.05, 0.1) is 11.3 Å². The smallest absolute Gasteiger partial charge is 0.251 e. The first-order valence-electron chi connectivity index (χ1n) is 8.07. The van der Waals surface area contributed by atoms with E-state index in [1.54, 1.807) is 0 Å². The van der Waals surface area contributed by atoms with Crippen LogP contribution in [0.1, 0.15) is 45.0 Å². The van der Waals surface area contributed by atoms with Crippen LogP contribution in [0.3, 0.4) is 0 Å². The number of benzene rings is 1. The summed E-state index contributed by atoms with van der Waals surface area (Å²) >= 11 is 9.18. The average molecular weight is 395 g/mol. The second-order valence-electron chi connectivity index (χ2n) is 5.95. The van der Waals surface area contributed by atoms with Crippen molar-refractivity contribution in [2.75, 3.05) is 11.1 Å². The summed E-state index contributed by atoms with van der Waals surface area (Å²) in [5.41, 5.74) is 8.04. The van der Waals surface area contributed by atoms with Gasteiger partial charge in [0.25, 0.3) is 5.91 Å². The maximum absolute atomic E-state index is 12.3. The molecule has 25 heavy (non-hydrogen) atoms. The molecule has 1 aliphatic rings. The first-order valence-corrected chi connectivity index (χ1v) is 10.3. The van der Waals surface area contributed by atoms with E-state index < -0.39 is 5.91 Å². The van der Waals surface area contributed by atoms with Crippen molar-refractivity contribution in [1.29, 1.82) is 0 Å². The maximum Gasteiger partial charge on any atom is 0.251 e. The molecular formula is C18H19ClN2O2S2. The second kappa shape index (κ2) is 7.81. The Bertz CT molecular complexity index is 819. The van der Waals surface area contributed by atoms with Crippen LogP contribution in [-0.2, 0) is 17.6 Å². The minimum Gasteiger partial charge on any atom is -0.365 e. The summed E-state index contributed by atoms with van der Waals surface area (Å²) < 4.78 is 0. The van der Waals surface area contributed by atoms with Crippen molar-refractivity contribution in [2.45, 2.75) is 31.4 Å². The molecule has 3 rings (SSSR count). The van der Waals surface area contributed by atoms with Crippen LogP contribution in [0.2, 0.25) is 5.02 Å². The quantitative estimate of drug-likeness (QED) is 0.761. The number of carbonyl (C=O) groups is 2. The summed E-state index contributed by atoms with van der Waals surface area (Å²) in [5.74, 6) is -0.314. The zero-order valence-electron chi connectivity index (χ0n) is 13.8. The van der Waals surface area contributed by atoms with Crippen LogP contribution in [-0.4, -0.2) is 17.6 Å². The first kappa shape index (κ1) is 18.3. The van der Waals surface area contributed by atoms with Crippen LogP contribution in [0.25, 0.3) is 0 Å². The van der Waals surface area contributed by atoms with E-state index >= 15 is 0 Å². The maximum atomic E-state index is 12.3. The zero-order chi connectivity index (χ0) is 18.0. The number of thiophene rings is 1. The third-order valence-corrected chi connectivity index (χ3v) is 6.96. The molecule has 3 N–H and O–H groups in total. The van der Waals surface area contributed by atoms with Gasteiger partial charge in [-0.05, 0) is 43.4 Å². The molecule has 1 heterocycles. The number of amides is 2. The van der Waals surface area contributed by atoms with Crippen LogP contribution in [0.4, 0.5) is 5.00 Å². The van der Waals surface area contributed by atoms with Gasteiger partial charge in [-0.25, -0.2) is 0 Å². The normalized spacial score (nSPS) is 14.2. The number of aryl methyl sites for hydroxylation is 1. The van der Waals surface area contributed by atoms with Crippen molar-refractivity contribution in [3.05, 3.63) is 50.9 Å². The van der Waals surface area contributed by atoms with E-state index in [1.165, 1.54) is 28.0 Å². The number of primary amides is 1. The summed E-state index contributed by atoms with van der Waals surface area (Å²) in [5, 5.41) is 4.26. The molecule has 0 bridgehead atoms. The molecule has 7 heteroatoms. The minimum atomic E-state index is -0.466. The van der Waals surface area contributed by atoms with E-state index in [9.17, 15) is 9.59 Å². The molecule has 0 saturated carbocycles. The lowest BCUT2D eigenvalue weighted by Gasteiger charge is -2.13. The van der Waals surface area contributed by atoms with E-state index in [0.29, 0.717) is 15.6 Å². The monoisotopic (exact) mass is 394 g/mol. The fraction of sp³-hybridized carbons (Fsp3) is 0.333. The number of halogens is 1. The standard InChI is InChI=1S/C18H19ClN2O2S2/c1-10(11-5-2-3-7-13(11)19)24-9-15(22)21-18-16(17(20)23)12-6-4-8-14(12)25-18/h2-3,5,7,10H,4,6,8-9H2,1H3,(H2,20,23)(H,21,22). The zero-order valence-corrected chi connectivity index (χ0v) is 16.2. The van der Waals surface area contributed by atoms with Gasteiger partial charge in [0.1, 0.15) is 5.00 Å². The Hall–Kier alpha value is -1.50. The Labute approximate surface area is 160 Å². The molecule has 0 aliphatic heterocycles. The van der Waals surface area contributed by atoms with Crippen molar-refractivity contribution in [3.8, 4) is 0 Å². The first-order chi connectivity index (χ1) is 12.0. The summed E-state index contributed by atoms with van der Waals surface area (Å²) in [4.78, 5) is 25.3. The van der Waals surface area contributed by atoms with E-state index in [-0.39, 0.29) is 16.9 Å². The SMILES string of the molecule is CC(SCC(=O)Nc1sc2c(c1C(N)=O)CCC2)c1ccccc1Cl. The number of fused-ring (bicyclic) bond motifs is 1. The highest BCUT2D eigenvalue weighted by molar-refractivity contribution is 8.00. The fourth-order valence-electron chi connectivity index (χ4n) is 3.01. The minimum absolute atomic E-state index is 0.100. The fourth-order valence-corrected chi connectivity index (χ4v) is 5.54. The van der Waals surface area contributed by atoms with Crippen LogP contribution in [0.15, 0.2) is 24.3 Å². The molecule has 132 valence electrons. The molecule has 1 atom stereocenters. The van der Waals surface area contributed by atoms with Gasteiger partial charge in [-0.15, -0.1) is 23.1 Å². The molecule has 1 aromatic heterocycles. The molecule has 4 nitrogen and oxygen atoms in total. The summed E-state index contributed by atoms with van der Waals surface area (Å²) in [6.07, 6.45) is 2.85. The number of carbonyl (C=O) groups excluding carboxylic acids is 2. The number of rotatable bonds is 6. The van der Waals surface area contributed by atoms with Crippen molar-refractivity contribution >= 4 is 51.5 Å². The Morgan fingerprint density at radius 2 is 2.12 bits per heavy atom. The highest BCUT2D eigenvalue weighted by atomic mass is 35.5. The van der Waals surface area contributed by atoms with Gasteiger partial charge in [0.15, 0.2) is 0 Å². The van der Waals surface area contributed by atoms with E-state index in [1.807, 2.05) is 31.2 Å². The van der Waals surface area contributed by atoms with E-state index in [4.69, 9.17) is 17.3 Å². The van der Waals surface area contributed by atoms with E-state index in [0.717, 1.165) is 30.4 Å². The Balaban J connectivity index is 1.64. The molecule has 1 aliphatic carbocycles. The van der Waals surface area contributed by atoms with Crippen molar-refractivity contribution in [3.63, 3.8) is 0 Å². The predicted octanol–water partition coefficient (Wildman–Crippen LogP) is 4.42. The van der Waals surface area contributed by atoms with Crippen LogP contribution in [0.5, 0.6) is 0 Å². The number of anilines is 1. The number of hydrogen-bond donors (Lipinski definition) is 2. The third kappa shape index (κ3) is 4.02. The largest absolute Gasteiger partial charge is 0.365 e. The van der Waals surface area contributed by atoms with Crippen molar-refractivity contribution < 1.29 is 9.59 Å². The predicted molar refractivity (Wildman–Crippen MR) is 106 cm³/mol. The Kier molecular flexibility index (Phi) is 5.71. The number of hydrogen-bond acceptors (Lipinski definition) is 4. The second-order valence-corrected chi connectivity index (χ2v) is 8.79. The van der Waals surface area contributed by atoms with Crippen molar-refractivity contribution in [2.24, 2.45) is 5.73 Å². The molecule has 2 amide bonds. The van der Waals surface area contributed by atoms with Gasteiger partial charge >= 0.3 is 0 Å². The van der Waals surface area contributed by atoms with Crippen LogP contribution >= 0.6 is 34.7 Å². The number of nitrogens with two attached hydrogens (primary N) is 1. The third-order valence-electron chi connectivity index (χ3n) is 4.23. The topological polar surface area (TPSA) is 72.2 Å². The lowest BCUT2D eigenvalue weighted by molar-refractivity contribution is -0.113. The van der Waals surface area contributed by atoms with Gasteiger partial charge in [-0.3, -0.25) is 9.59 Å². The van der Waals surface area contributed by atoms with E-state index in [2.05, 4.69) is 5.32 Å². The number of nitrogens with one attached hydrogen (secondary N) is 1. The van der Waals surface area contributed by atoms with Gasteiger partial charge in [0.2, 0.25) is 5.91 Å². The van der Waals surface area contributed by atoms with Crippen molar-refractivity contribution in [1.82, 2.24) is 0 Å². The molecule has 0 saturated heterocycles. The molecule has 0 fully saturated rings. The molecule has 1 unspecified atom stereocenters. The summed E-state index contributed by atoms with van der Waals surface area (Å²) in [6, 6.07) is 7.63. The Morgan fingerprint density at radius 3 is 2.84 bits per heavy atom. The van der Waals surface area contributed by atoms with Crippen LogP contribution < -0.4 is 11.1 Å². The molecule has 0 spiro atoms. The average Bonchev–Trinajstić information content (AvgIpc) is 3.13. The summed E-state index contributed by atoms with van der Waals surface area (Å²) in [6.45, 7) is 2.02. The van der Waals surface area contributed by atoms with Crippen LogP contribution in [0, 0.1) is 0 Å². The molecule has 0 radical (unpaired) electrons. The van der Waals surface area contributed by atoms with Gasteiger partial charge < -0.3 is 11.1 Å².